The normalized spacial score (nSPS) is 11.9. The van der Waals surface area contributed by atoms with Crippen LogP contribution in [-0.4, -0.2) is 32.3 Å². The molecule has 5 heteroatoms. The lowest BCUT2D eigenvalue weighted by Gasteiger charge is -2.17. The van der Waals surface area contributed by atoms with Crippen molar-refractivity contribution < 1.29 is 18.7 Å². The van der Waals surface area contributed by atoms with E-state index >= 15 is 0 Å². The molecule has 1 amide bonds. The molecular weight excluding hydrogens is 237 g/mol. The van der Waals surface area contributed by atoms with E-state index in [1.807, 2.05) is 6.92 Å². The van der Waals surface area contributed by atoms with E-state index in [4.69, 9.17) is 9.47 Å². The Kier molecular flexibility index (Phi) is 6.14. The van der Waals surface area contributed by atoms with Crippen LogP contribution in [0.2, 0.25) is 0 Å². The highest BCUT2D eigenvalue weighted by Crippen LogP contribution is 2.14. The van der Waals surface area contributed by atoms with Crippen molar-refractivity contribution in [2.45, 2.75) is 19.4 Å². The van der Waals surface area contributed by atoms with Gasteiger partial charge in [0, 0.05) is 13.7 Å². The van der Waals surface area contributed by atoms with Gasteiger partial charge >= 0.3 is 0 Å². The number of hydrogen-bond donors (Lipinski definition) is 1. The Hall–Kier alpha value is -1.62. The maximum atomic E-state index is 12.7. The molecule has 0 saturated carbocycles. The molecule has 18 heavy (non-hydrogen) atoms. The molecule has 1 N–H and O–H groups in total. The van der Waals surface area contributed by atoms with Crippen molar-refractivity contribution >= 4 is 5.91 Å². The number of benzene rings is 1. The van der Waals surface area contributed by atoms with Crippen molar-refractivity contribution in [1.82, 2.24) is 5.32 Å². The molecule has 0 saturated heterocycles. The minimum Gasteiger partial charge on any atom is -0.481 e. The van der Waals surface area contributed by atoms with Crippen molar-refractivity contribution in [3.05, 3.63) is 30.1 Å². The number of halogens is 1. The fourth-order valence-electron chi connectivity index (χ4n) is 1.39. The average Bonchev–Trinajstić information content (AvgIpc) is 2.38. The molecule has 4 nitrogen and oxygen atoms in total. The fraction of sp³-hybridized carbons (Fsp3) is 0.462. The van der Waals surface area contributed by atoms with E-state index in [-0.39, 0.29) is 11.7 Å². The molecule has 0 unspecified atom stereocenters. The molecule has 0 fully saturated rings. The molecular formula is C13H18FNO3. The zero-order valence-corrected chi connectivity index (χ0v) is 10.6. The zero-order chi connectivity index (χ0) is 13.4. The van der Waals surface area contributed by atoms with Gasteiger partial charge in [0.2, 0.25) is 0 Å². The third-order valence-electron chi connectivity index (χ3n) is 2.36. The van der Waals surface area contributed by atoms with Gasteiger partial charge < -0.3 is 14.8 Å². The summed E-state index contributed by atoms with van der Waals surface area (Å²) in [6.07, 6.45) is -0.0387. The number of methoxy groups -OCH3 is 1. The molecule has 1 aromatic rings. The fourth-order valence-corrected chi connectivity index (χ4v) is 1.39. The summed E-state index contributed by atoms with van der Waals surface area (Å²) < 4.78 is 23.1. The molecule has 0 bridgehead atoms. The number of carbonyl (C=O) groups is 1. The van der Waals surface area contributed by atoms with Crippen molar-refractivity contribution in [3.8, 4) is 5.75 Å². The van der Waals surface area contributed by atoms with E-state index < -0.39 is 6.10 Å². The summed E-state index contributed by atoms with van der Waals surface area (Å²) in [4.78, 5) is 11.8. The van der Waals surface area contributed by atoms with Gasteiger partial charge in [-0.3, -0.25) is 4.79 Å². The molecule has 0 radical (unpaired) electrons. The van der Waals surface area contributed by atoms with Gasteiger partial charge in [-0.1, -0.05) is 6.92 Å². The maximum absolute atomic E-state index is 12.7. The number of rotatable bonds is 7. The molecule has 1 aromatic carbocycles. The maximum Gasteiger partial charge on any atom is 0.261 e. The SMILES string of the molecule is CC[C@H](Oc1ccc(F)cc1)C(=O)NCCOC. The van der Waals surface area contributed by atoms with Crippen molar-refractivity contribution in [2.24, 2.45) is 0 Å². The number of ether oxygens (including phenoxy) is 2. The zero-order valence-electron chi connectivity index (χ0n) is 10.6. The van der Waals surface area contributed by atoms with Crippen LogP contribution in [-0.2, 0) is 9.53 Å². The predicted molar refractivity (Wildman–Crippen MR) is 66.0 cm³/mol. The largest absolute Gasteiger partial charge is 0.481 e. The second-order valence-electron chi connectivity index (χ2n) is 3.75. The lowest BCUT2D eigenvalue weighted by molar-refractivity contribution is -0.128. The van der Waals surface area contributed by atoms with E-state index in [0.29, 0.717) is 25.3 Å². The van der Waals surface area contributed by atoms with Crippen LogP contribution in [0.1, 0.15) is 13.3 Å². The van der Waals surface area contributed by atoms with Gasteiger partial charge in [0.1, 0.15) is 11.6 Å². The molecule has 0 aromatic heterocycles. The lowest BCUT2D eigenvalue weighted by Crippen LogP contribution is -2.39. The summed E-state index contributed by atoms with van der Waals surface area (Å²) in [6, 6.07) is 5.59. The molecule has 0 spiro atoms. The third kappa shape index (κ3) is 4.71. The highest BCUT2D eigenvalue weighted by Gasteiger charge is 2.17. The highest BCUT2D eigenvalue weighted by molar-refractivity contribution is 5.81. The minimum atomic E-state index is -0.577. The summed E-state index contributed by atoms with van der Waals surface area (Å²) in [7, 11) is 1.57. The quantitative estimate of drug-likeness (QED) is 0.755. The topological polar surface area (TPSA) is 47.6 Å². The molecule has 0 aliphatic rings. The first-order valence-electron chi connectivity index (χ1n) is 5.86. The summed E-state index contributed by atoms with van der Waals surface area (Å²) in [5, 5.41) is 2.70. The molecule has 1 atom stereocenters. The van der Waals surface area contributed by atoms with Gasteiger partial charge in [0.05, 0.1) is 6.61 Å². The van der Waals surface area contributed by atoms with E-state index in [1.54, 1.807) is 7.11 Å². The summed E-state index contributed by atoms with van der Waals surface area (Å²) >= 11 is 0. The Bertz CT molecular complexity index is 367. The van der Waals surface area contributed by atoms with Crippen LogP contribution in [0.25, 0.3) is 0 Å². The Morgan fingerprint density at radius 1 is 1.39 bits per heavy atom. The van der Waals surface area contributed by atoms with Gasteiger partial charge in [0.15, 0.2) is 6.10 Å². The molecule has 0 aliphatic heterocycles. The first-order chi connectivity index (χ1) is 8.67. The lowest BCUT2D eigenvalue weighted by atomic mass is 10.2. The minimum absolute atomic E-state index is 0.195. The second-order valence-corrected chi connectivity index (χ2v) is 3.75. The van der Waals surface area contributed by atoms with Crippen molar-refractivity contribution in [2.75, 3.05) is 20.3 Å². The summed E-state index contributed by atoms with van der Waals surface area (Å²) in [6.45, 7) is 2.75. The number of carbonyl (C=O) groups excluding carboxylic acids is 1. The first-order valence-corrected chi connectivity index (χ1v) is 5.86. The van der Waals surface area contributed by atoms with Gasteiger partial charge in [-0.15, -0.1) is 0 Å². The number of amides is 1. The van der Waals surface area contributed by atoms with Gasteiger partial charge in [-0.25, -0.2) is 4.39 Å². The summed E-state index contributed by atoms with van der Waals surface area (Å²) in [5.74, 6) is -0.0519. The van der Waals surface area contributed by atoms with E-state index in [0.717, 1.165) is 0 Å². The molecule has 0 aliphatic carbocycles. The first kappa shape index (κ1) is 14.4. The van der Waals surface area contributed by atoms with Crippen molar-refractivity contribution in [3.63, 3.8) is 0 Å². The number of hydrogen-bond acceptors (Lipinski definition) is 3. The van der Waals surface area contributed by atoms with E-state index in [2.05, 4.69) is 5.32 Å². The Morgan fingerprint density at radius 3 is 2.61 bits per heavy atom. The van der Waals surface area contributed by atoms with E-state index in [1.165, 1.54) is 24.3 Å². The predicted octanol–water partition coefficient (Wildman–Crippen LogP) is 1.75. The van der Waals surface area contributed by atoms with Crippen LogP contribution in [0.4, 0.5) is 4.39 Å². The molecule has 0 heterocycles. The van der Waals surface area contributed by atoms with Crippen molar-refractivity contribution in [1.29, 1.82) is 0 Å². The van der Waals surface area contributed by atoms with Crippen LogP contribution in [0.3, 0.4) is 0 Å². The number of nitrogens with one attached hydrogen (secondary N) is 1. The van der Waals surface area contributed by atoms with Crippen LogP contribution >= 0.6 is 0 Å². The standard InChI is InChI=1S/C13H18FNO3/c1-3-12(13(16)15-8-9-17-2)18-11-6-4-10(14)5-7-11/h4-7,12H,3,8-9H2,1-2H3,(H,15,16)/t12-/m0/s1. The molecule has 100 valence electrons. The van der Waals surface area contributed by atoms with Crippen LogP contribution in [0, 0.1) is 5.82 Å². The van der Waals surface area contributed by atoms with Crippen LogP contribution in [0.15, 0.2) is 24.3 Å². The Balaban J connectivity index is 2.50. The molecule has 1 rings (SSSR count). The summed E-state index contributed by atoms with van der Waals surface area (Å²) in [5.41, 5.74) is 0. The van der Waals surface area contributed by atoms with Gasteiger partial charge in [-0.05, 0) is 30.7 Å². The smallest absolute Gasteiger partial charge is 0.261 e. The van der Waals surface area contributed by atoms with E-state index in [9.17, 15) is 9.18 Å². The highest BCUT2D eigenvalue weighted by atomic mass is 19.1. The van der Waals surface area contributed by atoms with Gasteiger partial charge in [-0.2, -0.15) is 0 Å². The third-order valence-corrected chi connectivity index (χ3v) is 2.36. The second kappa shape index (κ2) is 7.66. The Labute approximate surface area is 106 Å². The van der Waals surface area contributed by atoms with Gasteiger partial charge in [0.25, 0.3) is 5.91 Å². The monoisotopic (exact) mass is 255 g/mol. The Morgan fingerprint density at radius 2 is 2.06 bits per heavy atom. The average molecular weight is 255 g/mol. The van der Waals surface area contributed by atoms with Crippen LogP contribution < -0.4 is 10.1 Å². The van der Waals surface area contributed by atoms with Crippen LogP contribution in [0.5, 0.6) is 5.75 Å².